The number of fused-ring (bicyclic) bond motifs is 2. The molecule has 0 aromatic carbocycles. The maximum Gasteiger partial charge on any atom is 0.0124 e. The molecule has 0 aromatic heterocycles. The average Bonchev–Trinajstić information content (AvgIpc) is 3.11. The lowest BCUT2D eigenvalue weighted by molar-refractivity contribution is 0.165. The van der Waals surface area contributed by atoms with Crippen molar-refractivity contribution in [2.24, 2.45) is 23.2 Å². The molecule has 0 saturated heterocycles. The summed E-state index contributed by atoms with van der Waals surface area (Å²) in [5, 5.41) is 3.94. The normalized spacial score (nSPS) is 37.9. The molecule has 0 amide bonds. The summed E-state index contributed by atoms with van der Waals surface area (Å²) in [6.07, 6.45) is 14.9. The molecule has 3 aliphatic carbocycles. The van der Waals surface area contributed by atoms with Gasteiger partial charge in [0, 0.05) is 6.04 Å². The molecule has 110 valence electrons. The number of hydrogen-bond donors (Lipinski definition) is 1. The SMILES string of the molecule is CCCNC(CC1CC2CCC1C2)C1(C)CCCC1. The Balaban J connectivity index is 1.62. The highest BCUT2D eigenvalue weighted by atomic mass is 14.9. The van der Waals surface area contributed by atoms with E-state index in [4.69, 9.17) is 0 Å². The van der Waals surface area contributed by atoms with E-state index in [0.29, 0.717) is 5.41 Å². The third kappa shape index (κ3) is 2.86. The van der Waals surface area contributed by atoms with E-state index in [2.05, 4.69) is 19.2 Å². The van der Waals surface area contributed by atoms with Crippen molar-refractivity contribution < 1.29 is 0 Å². The molecule has 0 aliphatic heterocycles. The Kier molecular flexibility index (Phi) is 4.22. The van der Waals surface area contributed by atoms with Gasteiger partial charge < -0.3 is 5.32 Å². The van der Waals surface area contributed by atoms with Gasteiger partial charge in [-0.3, -0.25) is 0 Å². The van der Waals surface area contributed by atoms with Gasteiger partial charge in [0.1, 0.15) is 0 Å². The van der Waals surface area contributed by atoms with Crippen molar-refractivity contribution in [3.8, 4) is 0 Å². The smallest absolute Gasteiger partial charge is 0.0124 e. The van der Waals surface area contributed by atoms with Gasteiger partial charge in [-0.1, -0.05) is 33.1 Å². The van der Waals surface area contributed by atoms with Crippen LogP contribution in [-0.4, -0.2) is 12.6 Å². The van der Waals surface area contributed by atoms with E-state index >= 15 is 0 Å². The molecule has 0 spiro atoms. The van der Waals surface area contributed by atoms with E-state index in [9.17, 15) is 0 Å². The summed E-state index contributed by atoms with van der Waals surface area (Å²) in [7, 11) is 0. The van der Waals surface area contributed by atoms with Crippen molar-refractivity contribution in [2.45, 2.75) is 84.1 Å². The molecule has 3 fully saturated rings. The molecular formula is C18H33N. The molecule has 4 atom stereocenters. The van der Waals surface area contributed by atoms with Crippen LogP contribution in [0.4, 0.5) is 0 Å². The first-order valence-corrected chi connectivity index (χ1v) is 8.94. The van der Waals surface area contributed by atoms with Crippen LogP contribution in [-0.2, 0) is 0 Å². The quantitative estimate of drug-likeness (QED) is 0.728. The zero-order valence-corrected chi connectivity index (χ0v) is 13.1. The summed E-state index contributed by atoms with van der Waals surface area (Å²) in [5.74, 6) is 3.27. The molecule has 19 heavy (non-hydrogen) atoms. The number of hydrogen-bond acceptors (Lipinski definition) is 1. The fourth-order valence-electron chi connectivity index (χ4n) is 5.43. The largest absolute Gasteiger partial charge is 0.313 e. The van der Waals surface area contributed by atoms with E-state index in [1.807, 2.05) is 0 Å². The summed E-state index contributed by atoms with van der Waals surface area (Å²) >= 11 is 0. The summed E-state index contributed by atoms with van der Waals surface area (Å²) in [6.45, 7) is 6.10. The minimum Gasteiger partial charge on any atom is -0.313 e. The molecule has 4 unspecified atom stereocenters. The molecule has 2 bridgehead atoms. The van der Waals surface area contributed by atoms with Crippen LogP contribution in [0.2, 0.25) is 0 Å². The van der Waals surface area contributed by atoms with E-state index in [-0.39, 0.29) is 0 Å². The maximum absolute atomic E-state index is 3.94. The first kappa shape index (κ1) is 13.9. The Morgan fingerprint density at radius 2 is 1.95 bits per heavy atom. The highest BCUT2D eigenvalue weighted by molar-refractivity contribution is 4.97. The van der Waals surface area contributed by atoms with Gasteiger partial charge in [-0.2, -0.15) is 0 Å². The first-order chi connectivity index (χ1) is 9.21. The Labute approximate surface area is 119 Å². The van der Waals surface area contributed by atoms with Gasteiger partial charge in [0.05, 0.1) is 0 Å². The maximum atomic E-state index is 3.94. The van der Waals surface area contributed by atoms with Crippen molar-refractivity contribution >= 4 is 0 Å². The number of nitrogens with one attached hydrogen (secondary N) is 1. The second kappa shape index (κ2) is 5.76. The Hall–Kier alpha value is -0.0400. The Morgan fingerprint density at radius 3 is 2.53 bits per heavy atom. The van der Waals surface area contributed by atoms with Gasteiger partial charge in [-0.05, 0) is 74.7 Å². The third-order valence-electron chi connectivity index (χ3n) is 6.65. The summed E-state index contributed by atoms with van der Waals surface area (Å²) in [4.78, 5) is 0. The lowest BCUT2D eigenvalue weighted by Crippen LogP contribution is -2.44. The molecular weight excluding hydrogens is 230 g/mol. The van der Waals surface area contributed by atoms with Crippen molar-refractivity contribution in [1.82, 2.24) is 5.32 Å². The molecule has 1 heteroatoms. The van der Waals surface area contributed by atoms with E-state index < -0.39 is 0 Å². The van der Waals surface area contributed by atoms with Crippen LogP contribution < -0.4 is 5.32 Å². The first-order valence-electron chi connectivity index (χ1n) is 8.94. The predicted molar refractivity (Wildman–Crippen MR) is 82.2 cm³/mol. The molecule has 1 N–H and O–H groups in total. The van der Waals surface area contributed by atoms with E-state index in [1.165, 1.54) is 45.1 Å². The minimum absolute atomic E-state index is 0.608. The minimum atomic E-state index is 0.608. The van der Waals surface area contributed by atoms with Crippen LogP contribution in [0.1, 0.15) is 78.1 Å². The van der Waals surface area contributed by atoms with Gasteiger partial charge in [0.25, 0.3) is 0 Å². The molecule has 0 radical (unpaired) electrons. The second-order valence-corrected chi connectivity index (χ2v) is 8.04. The fraction of sp³-hybridized carbons (Fsp3) is 1.00. The highest BCUT2D eigenvalue weighted by Gasteiger charge is 2.43. The molecule has 3 saturated carbocycles. The Morgan fingerprint density at radius 1 is 1.16 bits per heavy atom. The lowest BCUT2D eigenvalue weighted by Gasteiger charge is -2.38. The van der Waals surface area contributed by atoms with E-state index in [0.717, 1.165) is 23.8 Å². The molecule has 0 heterocycles. The third-order valence-corrected chi connectivity index (χ3v) is 6.65. The topological polar surface area (TPSA) is 12.0 Å². The van der Waals surface area contributed by atoms with Crippen molar-refractivity contribution in [2.75, 3.05) is 6.54 Å². The van der Waals surface area contributed by atoms with E-state index in [1.54, 1.807) is 25.7 Å². The van der Waals surface area contributed by atoms with Gasteiger partial charge in [0.2, 0.25) is 0 Å². The van der Waals surface area contributed by atoms with Crippen LogP contribution >= 0.6 is 0 Å². The van der Waals surface area contributed by atoms with Gasteiger partial charge in [-0.25, -0.2) is 0 Å². The number of rotatable bonds is 6. The zero-order chi connectivity index (χ0) is 13.3. The highest BCUT2D eigenvalue weighted by Crippen LogP contribution is 2.52. The van der Waals surface area contributed by atoms with Crippen LogP contribution in [0.5, 0.6) is 0 Å². The van der Waals surface area contributed by atoms with Crippen molar-refractivity contribution in [3.05, 3.63) is 0 Å². The summed E-state index contributed by atoms with van der Waals surface area (Å²) in [5.41, 5.74) is 0.608. The fourth-order valence-corrected chi connectivity index (χ4v) is 5.43. The standard InChI is InChI=1S/C18H33N/c1-3-10-19-17(18(2)8-4-5-9-18)13-16-12-14-6-7-15(16)11-14/h14-17,19H,3-13H2,1-2H3. The molecule has 1 nitrogen and oxygen atoms in total. The van der Waals surface area contributed by atoms with Crippen molar-refractivity contribution in [1.29, 1.82) is 0 Å². The molecule has 3 rings (SSSR count). The van der Waals surface area contributed by atoms with Gasteiger partial charge >= 0.3 is 0 Å². The summed E-state index contributed by atoms with van der Waals surface area (Å²) in [6, 6.07) is 0.805. The monoisotopic (exact) mass is 263 g/mol. The Bertz CT molecular complexity index is 292. The van der Waals surface area contributed by atoms with Crippen LogP contribution in [0.3, 0.4) is 0 Å². The summed E-state index contributed by atoms with van der Waals surface area (Å²) < 4.78 is 0. The van der Waals surface area contributed by atoms with Gasteiger partial charge in [-0.15, -0.1) is 0 Å². The van der Waals surface area contributed by atoms with Crippen molar-refractivity contribution in [3.63, 3.8) is 0 Å². The van der Waals surface area contributed by atoms with Crippen LogP contribution in [0.15, 0.2) is 0 Å². The average molecular weight is 263 g/mol. The molecule has 0 aromatic rings. The zero-order valence-electron chi connectivity index (χ0n) is 13.1. The predicted octanol–water partition coefficient (Wildman–Crippen LogP) is 4.76. The van der Waals surface area contributed by atoms with Crippen LogP contribution in [0.25, 0.3) is 0 Å². The van der Waals surface area contributed by atoms with Crippen LogP contribution in [0, 0.1) is 23.2 Å². The van der Waals surface area contributed by atoms with Gasteiger partial charge in [0.15, 0.2) is 0 Å². The molecule has 3 aliphatic rings. The second-order valence-electron chi connectivity index (χ2n) is 8.04. The lowest BCUT2D eigenvalue weighted by atomic mass is 9.73.